The number of alkyl halides is 3. The molecule has 1 fully saturated rings. The molecule has 1 aliphatic rings. The van der Waals surface area contributed by atoms with Gasteiger partial charge in [0, 0.05) is 36.8 Å². The first kappa shape index (κ1) is 25.4. The van der Waals surface area contributed by atoms with E-state index < -0.39 is 11.7 Å². The van der Waals surface area contributed by atoms with Crippen LogP contribution in [0.25, 0.3) is 11.3 Å². The number of nitrogens with one attached hydrogen (secondary N) is 2. The van der Waals surface area contributed by atoms with Crippen molar-refractivity contribution in [3.05, 3.63) is 58.6 Å². The molecule has 2 N–H and O–H groups in total. The summed E-state index contributed by atoms with van der Waals surface area (Å²) in [5.41, 5.74) is 0.800. The number of aromatic amines is 1. The van der Waals surface area contributed by atoms with Crippen molar-refractivity contribution in [2.45, 2.75) is 25.6 Å². The number of hydrogen-bond donors (Lipinski definition) is 2. The number of likely N-dealkylation sites (tertiary alicyclic amines) is 1. The lowest BCUT2D eigenvalue weighted by Crippen LogP contribution is -2.43. The average molecular weight is 523 g/mol. The fourth-order valence-corrected chi connectivity index (χ4v) is 4.03. The first-order chi connectivity index (χ1) is 17.2. The molecular formula is C23H22ClF3N6O3. The van der Waals surface area contributed by atoms with Crippen LogP contribution in [0.3, 0.4) is 0 Å². The fourth-order valence-electron chi connectivity index (χ4n) is 3.83. The third-order valence-corrected chi connectivity index (χ3v) is 6.17. The molecule has 0 saturated carbocycles. The molecule has 0 spiro atoms. The summed E-state index contributed by atoms with van der Waals surface area (Å²) in [6, 6.07) is 5.38. The van der Waals surface area contributed by atoms with E-state index in [2.05, 4.69) is 25.5 Å². The van der Waals surface area contributed by atoms with E-state index in [1.54, 1.807) is 17.0 Å². The molecule has 9 nitrogen and oxygen atoms in total. The third kappa shape index (κ3) is 5.76. The van der Waals surface area contributed by atoms with Crippen molar-refractivity contribution in [3.8, 4) is 17.1 Å². The number of rotatable bonds is 6. The summed E-state index contributed by atoms with van der Waals surface area (Å²) >= 11 is 6.21. The van der Waals surface area contributed by atoms with E-state index >= 15 is 0 Å². The van der Waals surface area contributed by atoms with Gasteiger partial charge in [0.05, 0.1) is 41.8 Å². The Morgan fingerprint density at radius 3 is 2.58 bits per heavy atom. The molecule has 0 aliphatic carbocycles. The minimum absolute atomic E-state index is 0.0232. The predicted molar refractivity (Wildman–Crippen MR) is 123 cm³/mol. The van der Waals surface area contributed by atoms with Crippen LogP contribution in [-0.4, -0.2) is 57.1 Å². The molecule has 2 amide bonds. The highest BCUT2D eigenvalue weighted by molar-refractivity contribution is 6.33. The first-order valence-corrected chi connectivity index (χ1v) is 11.4. The lowest BCUT2D eigenvalue weighted by atomic mass is 9.95. The second kappa shape index (κ2) is 10.5. The van der Waals surface area contributed by atoms with E-state index in [1.165, 1.54) is 19.4 Å². The number of amides is 2. The smallest absolute Gasteiger partial charge is 0.417 e. The number of halogens is 4. The fraction of sp³-hybridized carbons (Fsp3) is 0.348. The van der Waals surface area contributed by atoms with Crippen molar-refractivity contribution >= 4 is 23.4 Å². The number of piperidine rings is 1. The van der Waals surface area contributed by atoms with Gasteiger partial charge >= 0.3 is 6.18 Å². The zero-order valence-electron chi connectivity index (χ0n) is 19.1. The predicted octanol–water partition coefficient (Wildman–Crippen LogP) is 3.72. The number of H-pyrrole nitrogens is 1. The Labute approximate surface area is 209 Å². The zero-order valence-corrected chi connectivity index (χ0v) is 19.9. The molecule has 190 valence electrons. The van der Waals surface area contributed by atoms with Crippen LogP contribution >= 0.6 is 11.6 Å². The van der Waals surface area contributed by atoms with Gasteiger partial charge in [0.15, 0.2) is 0 Å². The Morgan fingerprint density at radius 1 is 1.19 bits per heavy atom. The number of pyridine rings is 2. The quantitative estimate of drug-likeness (QED) is 0.510. The zero-order chi connectivity index (χ0) is 25.9. The molecule has 36 heavy (non-hydrogen) atoms. The van der Waals surface area contributed by atoms with Gasteiger partial charge in [-0.25, -0.2) is 4.98 Å². The molecule has 1 saturated heterocycles. The van der Waals surface area contributed by atoms with Crippen molar-refractivity contribution in [1.82, 2.24) is 30.4 Å². The topological polar surface area (TPSA) is 113 Å². The van der Waals surface area contributed by atoms with Gasteiger partial charge in [-0.15, -0.1) is 0 Å². The van der Waals surface area contributed by atoms with Gasteiger partial charge < -0.3 is 15.0 Å². The van der Waals surface area contributed by atoms with Gasteiger partial charge in [0.1, 0.15) is 5.69 Å². The summed E-state index contributed by atoms with van der Waals surface area (Å²) in [5, 5.41) is 9.98. The molecule has 0 bridgehead atoms. The largest absolute Gasteiger partial charge is 0.481 e. The molecule has 4 rings (SSSR count). The Kier molecular flexibility index (Phi) is 7.43. The highest BCUT2D eigenvalue weighted by atomic mass is 35.5. The minimum atomic E-state index is -4.46. The summed E-state index contributed by atoms with van der Waals surface area (Å²) in [6.07, 6.45) is -1.38. The van der Waals surface area contributed by atoms with Crippen LogP contribution in [0.15, 0.2) is 36.7 Å². The van der Waals surface area contributed by atoms with Gasteiger partial charge in [0.25, 0.3) is 5.91 Å². The van der Waals surface area contributed by atoms with Crippen molar-refractivity contribution < 1.29 is 27.5 Å². The molecule has 3 aromatic rings. The maximum atomic E-state index is 12.9. The summed E-state index contributed by atoms with van der Waals surface area (Å²) < 4.78 is 43.0. The Hall–Kier alpha value is -3.67. The second-order valence-electron chi connectivity index (χ2n) is 8.19. The number of aromatic nitrogens is 4. The molecule has 0 radical (unpaired) electrons. The summed E-state index contributed by atoms with van der Waals surface area (Å²) in [5.74, 6) is -0.434. The van der Waals surface area contributed by atoms with Gasteiger partial charge in [-0.3, -0.25) is 19.7 Å². The van der Waals surface area contributed by atoms with E-state index in [9.17, 15) is 22.8 Å². The Bertz CT molecular complexity index is 1240. The summed E-state index contributed by atoms with van der Waals surface area (Å²) in [4.78, 5) is 34.9. The maximum Gasteiger partial charge on any atom is 0.417 e. The standard InChI is InChI=1S/C23H22ClF3N6O3/c1-36-20-8-16(17(24)12-29-20)18-9-19(32-31-18)22(35)33-6-4-13(5-7-33)21(34)30-11-15-3-2-14(10-28-15)23(25,26)27/h2-3,8-10,12-13H,4-7,11H2,1H3,(H,30,34)(H,31,32). The first-order valence-electron chi connectivity index (χ1n) is 11.0. The average Bonchev–Trinajstić information content (AvgIpc) is 3.37. The highest BCUT2D eigenvalue weighted by Crippen LogP contribution is 2.30. The lowest BCUT2D eigenvalue weighted by molar-refractivity contribution is -0.137. The second-order valence-corrected chi connectivity index (χ2v) is 8.60. The molecule has 13 heteroatoms. The highest BCUT2D eigenvalue weighted by Gasteiger charge is 2.31. The van der Waals surface area contributed by atoms with Crippen LogP contribution in [0.5, 0.6) is 5.88 Å². The van der Waals surface area contributed by atoms with Gasteiger partial charge in [-0.05, 0) is 31.0 Å². The van der Waals surface area contributed by atoms with E-state index in [1.807, 2.05) is 0 Å². The molecule has 0 aromatic carbocycles. The van der Waals surface area contributed by atoms with E-state index in [0.29, 0.717) is 53.8 Å². The van der Waals surface area contributed by atoms with Crippen LogP contribution < -0.4 is 10.1 Å². The number of ether oxygens (including phenoxy) is 1. The number of carbonyl (C=O) groups is 2. The number of nitrogens with zero attached hydrogens (tertiary/aromatic N) is 4. The monoisotopic (exact) mass is 522 g/mol. The third-order valence-electron chi connectivity index (χ3n) is 5.87. The molecule has 1 aliphatic heterocycles. The molecule has 0 atom stereocenters. The molecule has 0 unspecified atom stereocenters. The van der Waals surface area contributed by atoms with Crippen LogP contribution in [0, 0.1) is 5.92 Å². The SMILES string of the molecule is COc1cc(-c2cc(C(=O)N3CCC(C(=O)NCc4ccc(C(F)(F)F)cn4)CC3)[nH]n2)c(Cl)cn1. The molecular weight excluding hydrogens is 501 g/mol. The van der Waals surface area contributed by atoms with Gasteiger partial charge in [-0.2, -0.15) is 18.3 Å². The van der Waals surface area contributed by atoms with Crippen molar-refractivity contribution in [3.63, 3.8) is 0 Å². The normalized spacial score (nSPS) is 14.5. The van der Waals surface area contributed by atoms with Gasteiger partial charge in [0.2, 0.25) is 11.8 Å². The van der Waals surface area contributed by atoms with E-state index in [0.717, 1.165) is 12.3 Å². The molecule has 3 aromatic heterocycles. The van der Waals surface area contributed by atoms with Crippen LogP contribution in [0.1, 0.15) is 34.6 Å². The molecule has 4 heterocycles. The van der Waals surface area contributed by atoms with Crippen molar-refractivity contribution in [1.29, 1.82) is 0 Å². The summed E-state index contributed by atoms with van der Waals surface area (Å²) in [6.45, 7) is 0.761. The maximum absolute atomic E-state index is 12.9. The summed E-state index contributed by atoms with van der Waals surface area (Å²) in [7, 11) is 1.48. The van der Waals surface area contributed by atoms with E-state index in [4.69, 9.17) is 16.3 Å². The van der Waals surface area contributed by atoms with Crippen LogP contribution in [0.2, 0.25) is 5.02 Å². The minimum Gasteiger partial charge on any atom is -0.481 e. The van der Waals surface area contributed by atoms with Crippen molar-refractivity contribution in [2.24, 2.45) is 5.92 Å². The lowest BCUT2D eigenvalue weighted by Gasteiger charge is -2.31. The Balaban J connectivity index is 1.30. The van der Waals surface area contributed by atoms with Crippen molar-refractivity contribution in [2.75, 3.05) is 20.2 Å². The number of carbonyl (C=O) groups excluding carboxylic acids is 2. The van der Waals surface area contributed by atoms with Gasteiger partial charge in [-0.1, -0.05) is 11.6 Å². The Morgan fingerprint density at radius 2 is 1.94 bits per heavy atom. The van der Waals surface area contributed by atoms with Crippen LogP contribution in [-0.2, 0) is 17.5 Å². The van der Waals surface area contributed by atoms with E-state index in [-0.39, 0.29) is 30.0 Å². The number of hydrogen-bond acceptors (Lipinski definition) is 6. The number of methoxy groups -OCH3 is 1. The van der Waals surface area contributed by atoms with Crippen LogP contribution in [0.4, 0.5) is 13.2 Å².